The highest BCUT2D eigenvalue weighted by Crippen LogP contribution is 2.02. The molecule has 0 saturated heterocycles. The molecule has 2 aromatic heterocycles. The van der Waals surface area contributed by atoms with Crippen LogP contribution in [0.3, 0.4) is 0 Å². The second-order valence-corrected chi connectivity index (χ2v) is 3.71. The first-order valence-corrected chi connectivity index (χ1v) is 5.21. The molecule has 0 aromatic carbocycles. The molecule has 0 atom stereocenters. The van der Waals surface area contributed by atoms with Gasteiger partial charge in [-0.15, -0.1) is 0 Å². The Kier molecular flexibility index (Phi) is 3.26. The lowest BCUT2D eigenvalue weighted by molar-refractivity contribution is 0.638. The van der Waals surface area contributed by atoms with Crippen molar-refractivity contribution in [2.24, 2.45) is 7.05 Å². The van der Waals surface area contributed by atoms with Crippen LogP contribution >= 0.6 is 0 Å². The predicted molar refractivity (Wildman–Crippen MR) is 60.5 cm³/mol. The third-order valence-electron chi connectivity index (χ3n) is 2.34. The number of aromatic nitrogens is 4. The number of rotatable bonds is 4. The molecule has 2 aromatic rings. The first-order valence-electron chi connectivity index (χ1n) is 5.21. The quantitative estimate of drug-likeness (QED) is 0.823. The van der Waals surface area contributed by atoms with E-state index in [1.807, 2.05) is 19.3 Å². The molecule has 0 spiro atoms. The summed E-state index contributed by atoms with van der Waals surface area (Å²) in [5.74, 6) is 0.802. The van der Waals surface area contributed by atoms with E-state index < -0.39 is 0 Å². The minimum atomic E-state index is 0.664. The zero-order valence-corrected chi connectivity index (χ0v) is 9.51. The van der Waals surface area contributed by atoms with Crippen LogP contribution in [0.1, 0.15) is 17.1 Å². The lowest BCUT2D eigenvalue weighted by atomic mass is 10.2. The van der Waals surface area contributed by atoms with Gasteiger partial charge in [-0.3, -0.25) is 9.67 Å². The van der Waals surface area contributed by atoms with Gasteiger partial charge in [-0.1, -0.05) is 6.07 Å². The van der Waals surface area contributed by atoms with Crippen molar-refractivity contribution in [3.8, 4) is 0 Å². The minimum Gasteiger partial charge on any atom is -0.304 e. The average Bonchev–Trinajstić information content (AvgIpc) is 2.67. The third-order valence-corrected chi connectivity index (χ3v) is 2.34. The molecule has 1 N–H and O–H groups in total. The number of pyridine rings is 1. The molecule has 5 nitrogen and oxygen atoms in total. The van der Waals surface area contributed by atoms with Crippen LogP contribution < -0.4 is 5.32 Å². The van der Waals surface area contributed by atoms with E-state index in [0.29, 0.717) is 6.54 Å². The van der Waals surface area contributed by atoms with Gasteiger partial charge in [-0.2, -0.15) is 5.10 Å². The van der Waals surface area contributed by atoms with Crippen LogP contribution in [0.2, 0.25) is 0 Å². The normalized spacial score (nSPS) is 10.6. The molecule has 0 unspecified atom stereocenters. The van der Waals surface area contributed by atoms with Crippen molar-refractivity contribution in [2.75, 3.05) is 0 Å². The summed E-state index contributed by atoms with van der Waals surface area (Å²) in [4.78, 5) is 8.44. The van der Waals surface area contributed by atoms with Crippen LogP contribution in [0, 0.1) is 6.92 Å². The summed E-state index contributed by atoms with van der Waals surface area (Å²) in [5, 5.41) is 7.46. The summed E-state index contributed by atoms with van der Waals surface area (Å²) in [7, 11) is 1.86. The third kappa shape index (κ3) is 2.64. The Balaban J connectivity index is 1.87. The molecule has 84 valence electrons. The van der Waals surface area contributed by atoms with Crippen molar-refractivity contribution in [3.63, 3.8) is 0 Å². The van der Waals surface area contributed by atoms with Gasteiger partial charge >= 0.3 is 0 Å². The molecule has 0 aliphatic heterocycles. The van der Waals surface area contributed by atoms with Gasteiger partial charge in [0.25, 0.3) is 0 Å². The molecule has 16 heavy (non-hydrogen) atoms. The van der Waals surface area contributed by atoms with E-state index in [1.165, 1.54) is 5.56 Å². The molecule has 2 heterocycles. The second-order valence-electron chi connectivity index (χ2n) is 3.71. The SMILES string of the molecule is Cc1cccnc1CNCc1ncn(C)n1. The fourth-order valence-corrected chi connectivity index (χ4v) is 1.46. The highest BCUT2D eigenvalue weighted by Gasteiger charge is 2.00. The average molecular weight is 217 g/mol. The lowest BCUT2D eigenvalue weighted by Gasteiger charge is -2.04. The number of hydrogen-bond donors (Lipinski definition) is 1. The Morgan fingerprint density at radius 2 is 2.19 bits per heavy atom. The molecule has 0 radical (unpaired) electrons. The van der Waals surface area contributed by atoms with Crippen molar-refractivity contribution in [1.82, 2.24) is 25.1 Å². The molecular formula is C11H15N5. The van der Waals surface area contributed by atoms with Crippen molar-refractivity contribution < 1.29 is 0 Å². The van der Waals surface area contributed by atoms with E-state index in [1.54, 1.807) is 11.0 Å². The van der Waals surface area contributed by atoms with Gasteiger partial charge in [0.15, 0.2) is 5.82 Å². The fourth-order valence-electron chi connectivity index (χ4n) is 1.46. The molecular weight excluding hydrogens is 202 g/mol. The van der Waals surface area contributed by atoms with Crippen LogP contribution in [0.4, 0.5) is 0 Å². The van der Waals surface area contributed by atoms with Crippen LogP contribution in [-0.4, -0.2) is 19.7 Å². The summed E-state index contributed by atoms with van der Waals surface area (Å²) < 4.78 is 1.70. The number of nitrogens with zero attached hydrogens (tertiary/aromatic N) is 4. The summed E-state index contributed by atoms with van der Waals surface area (Å²) in [6.45, 7) is 3.46. The minimum absolute atomic E-state index is 0.664. The standard InChI is InChI=1S/C11H15N5/c1-9-4-3-5-13-10(9)6-12-7-11-14-8-16(2)15-11/h3-5,8,12H,6-7H2,1-2H3. The van der Waals surface area contributed by atoms with Gasteiger partial charge in [-0.25, -0.2) is 4.98 Å². The Bertz CT molecular complexity index is 463. The van der Waals surface area contributed by atoms with E-state index in [2.05, 4.69) is 33.4 Å². The smallest absolute Gasteiger partial charge is 0.164 e. The first kappa shape index (κ1) is 10.8. The largest absolute Gasteiger partial charge is 0.304 e. The molecule has 0 fully saturated rings. The summed E-state index contributed by atoms with van der Waals surface area (Å²) >= 11 is 0. The molecule has 0 amide bonds. The summed E-state index contributed by atoms with van der Waals surface area (Å²) in [6.07, 6.45) is 3.51. The monoisotopic (exact) mass is 217 g/mol. The topological polar surface area (TPSA) is 55.6 Å². The van der Waals surface area contributed by atoms with Crippen LogP contribution in [0.25, 0.3) is 0 Å². The zero-order chi connectivity index (χ0) is 11.4. The first-order chi connectivity index (χ1) is 7.75. The van der Waals surface area contributed by atoms with E-state index >= 15 is 0 Å². The highest BCUT2D eigenvalue weighted by atomic mass is 15.3. The maximum absolute atomic E-state index is 4.31. The van der Waals surface area contributed by atoms with Crippen LogP contribution in [0.5, 0.6) is 0 Å². The molecule has 0 bridgehead atoms. The maximum Gasteiger partial charge on any atom is 0.164 e. The Labute approximate surface area is 94.5 Å². The molecule has 0 aliphatic carbocycles. The maximum atomic E-state index is 4.31. The highest BCUT2D eigenvalue weighted by molar-refractivity contribution is 5.17. The summed E-state index contributed by atoms with van der Waals surface area (Å²) in [5.41, 5.74) is 2.27. The van der Waals surface area contributed by atoms with E-state index in [0.717, 1.165) is 18.1 Å². The van der Waals surface area contributed by atoms with Gasteiger partial charge in [0.1, 0.15) is 6.33 Å². The van der Waals surface area contributed by atoms with Gasteiger partial charge in [-0.05, 0) is 18.6 Å². The van der Waals surface area contributed by atoms with Gasteiger partial charge in [0, 0.05) is 19.8 Å². The van der Waals surface area contributed by atoms with E-state index in [4.69, 9.17) is 0 Å². The Morgan fingerprint density at radius 3 is 2.88 bits per heavy atom. The van der Waals surface area contributed by atoms with Crippen molar-refractivity contribution in [3.05, 3.63) is 41.7 Å². The van der Waals surface area contributed by atoms with Gasteiger partial charge < -0.3 is 5.32 Å². The zero-order valence-electron chi connectivity index (χ0n) is 9.51. The Morgan fingerprint density at radius 1 is 1.31 bits per heavy atom. The second kappa shape index (κ2) is 4.85. The Hall–Kier alpha value is -1.75. The van der Waals surface area contributed by atoms with Crippen molar-refractivity contribution in [2.45, 2.75) is 20.0 Å². The number of hydrogen-bond acceptors (Lipinski definition) is 4. The molecule has 0 saturated carbocycles. The van der Waals surface area contributed by atoms with Gasteiger partial charge in [0.05, 0.1) is 12.2 Å². The lowest BCUT2D eigenvalue weighted by Crippen LogP contribution is -2.15. The molecule has 5 heteroatoms. The summed E-state index contributed by atoms with van der Waals surface area (Å²) in [6, 6.07) is 4.00. The van der Waals surface area contributed by atoms with Crippen molar-refractivity contribution in [1.29, 1.82) is 0 Å². The predicted octanol–water partition coefficient (Wildman–Crippen LogP) is 0.808. The van der Waals surface area contributed by atoms with E-state index in [-0.39, 0.29) is 0 Å². The van der Waals surface area contributed by atoms with Crippen LogP contribution in [-0.2, 0) is 20.1 Å². The number of nitrogens with one attached hydrogen (secondary N) is 1. The van der Waals surface area contributed by atoms with Gasteiger partial charge in [0.2, 0.25) is 0 Å². The number of aryl methyl sites for hydroxylation is 2. The van der Waals surface area contributed by atoms with E-state index in [9.17, 15) is 0 Å². The van der Waals surface area contributed by atoms with Crippen molar-refractivity contribution >= 4 is 0 Å². The van der Waals surface area contributed by atoms with Crippen LogP contribution in [0.15, 0.2) is 24.7 Å². The molecule has 0 aliphatic rings. The fraction of sp³-hybridized carbons (Fsp3) is 0.364. The molecule has 2 rings (SSSR count).